The van der Waals surface area contributed by atoms with Crippen LogP contribution >= 0.6 is 27.5 Å². The molecule has 1 atom stereocenters. The van der Waals surface area contributed by atoms with E-state index in [0.29, 0.717) is 6.04 Å². The van der Waals surface area contributed by atoms with Crippen molar-refractivity contribution in [2.45, 2.75) is 25.9 Å². The average molecular weight is 340 g/mol. The van der Waals surface area contributed by atoms with E-state index < -0.39 is 0 Å². The fourth-order valence-electron chi connectivity index (χ4n) is 1.92. The lowest BCUT2D eigenvalue weighted by Gasteiger charge is -2.14. The highest BCUT2D eigenvalue weighted by atomic mass is 79.9. The van der Waals surface area contributed by atoms with E-state index in [-0.39, 0.29) is 0 Å². The zero-order valence-corrected chi connectivity index (χ0v) is 13.1. The van der Waals surface area contributed by atoms with E-state index in [2.05, 4.69) is 39.2 Å². The molecule has 0 amide bonds. The Morgan fingerprint density at radius 3 is 2.79 bits per heavy atom. The van der Waals surface area contributed by atoms with E-state index in [9.17, 15) is 0 Å². The highest BCUT2D eigenvalue weighted by molar-refractivity contribution is 9.10. The van der Waals surface area contributed by atoms with Gasteiger partial charge in [-0.15, -0.1) is 0 Å². The van der Waals surface area contributed by atoms with Gasteiger partial charge >= 0.3 is 0 Å². The number of benzene rings is 1. The lowest BCUT2D eigenvalue weighted by Crippen LogP contribution is -2.27. The summed E-state index contributed by atoms with van der Waals surface area (Å²) in [5, 5.41) is 4.26. The van der Waals surface area contributed by atoms with Crippen LogP contribution in [-0.4, -0.2) is 11.0 Å². The van der Waals surface area contributed by atoms with Crippen LogP contribution in [0.2, 0.25) is 5.02 Å². The molecule has 1 aromatic carbocycles. The van der Waals surface area contributed by atoms with Crippen LogP contribution in [0.5, 0.6) is 0 Å². The molecule has 2 nitrogen and oxygen atoms in total. The second-order valence-corrected chi connectivity index (χ2v) is 5.82. The van der Waals surface area contributed by atoms with Crippen molar-refractivity contribution in [1.82, 2.24) is 10.3 Å². The first kappa shape index (κ1) is 14.5. The molecule has 0 aliphatic carbocycles. The molecule has 0 spiro atoms. The Morgan fingerprint density at radius 1 is 1.26 bits per heavy atom. The zero-order valence-electron chi connectivity index (χ0n) is 10.7. The first-order chi connectivity index (χ1) is 9.13. The molecule has 0 saturated carbocycles. The first-order valence-corrected chi connectivity index (χ1v) is 7.40. The molecule has 1 aromatic heterocycles. The predicted octanol–water partition coefficient (Wildman–Crippen LogP) is 4.22. The van der Waals surface area contributed by atoms with Gasteiger partial charge in [-0.3, -0.25) is 0 Å². The lowest BCUT2D eigenvalue weighted by atomic mass is 10.1. The van der Waals surface area contributed by atoms with Gasteiger partial charge in [0, 0.05) is 17.6 Å². The third-order valence-electron chi connectivity index (χ3n) is 2.84. The summed E-state index contributed by atoms with van der Waals surface area (Å²) in [6.45, 7) is 2.93. The van der Waals surface area contributed by atoms with Gasteiger partial charge in [0.05, 0.1) is 5.69 Å². The van der Waals surface area contributed by atoms with Crippen molar-refractivity contribution >= 4 is 27.5 Å². The maximum absolute atomic E-state index is 5.98. The third-order valence-corrected chi connectivity index (χ3v) is 3.51. The first-order valence-electron chi connectivity index (χ1n) is 6.23. The lowest BCUT2D eigenvalue weighted by molar-refractivity contribution is 0.539. The standard InChI is InChI=1S/C15H16BrClN2/c1-11(8-12-4-2-5-13(17)9-12)18-10-14-6-3-7-15(16)19-14/h2-7,9,11,18H,8,10H2,1H3. The summed E-state index contributed by atoms with van der Waals surface area (Å²) in [6, 6.07) is 14.3. The molecule has 100 valence electrons. The zero-order chi connectivity index (χ0) is 13.7. The van der Waals surface area contributed by atoms with E-state index in [1.54, 1.807) is 0 Å². The number of nitrogens with zero attached hydrogens (tertiary/aromatic N) is 1. The minimum Gasteiger partial charge on any atom is -0.308 e. The summed E-state index contributed by atoms with van der Waals surface area (Å²) < 4.78 is 0.870. The smallest absolute Gasteiger partial charge is 0.106 e. The minimum absolute atomic E-state index is 0.374. The van der Waals surface area contributed by atoms with Crippen LogP contribution in [-0.2, 0) is 13.0 Å². The molecule has 0 aliphatic rings. The van der Waals surface area contributed by atoms with Crippen molar-refractivity contribution in [3.8, 4) is 0 Å². The molecule has 1 N–H and O–H groups in total. The number of halogens is 2. The van der Waals surface area contributed by atoms with Gasteiger partial charge in [0.2, 0.25) is 0 Å². The minimum atomic E-state index is 0.374. The second-order valence-electron chi connectivity index (χ2n) is 4.57. The molecule has 0 aliphatic heterocycles. The van der Waals surface area contributed by atoms with Gasteiger partial charge in [-0.2, -0.15) is 0 Å². The SMILES string of the molecule is CC(Cc1cccc(Cl)c1)NCc1cccc(Br)n1. The van der Waals surface area contributed by atoms with Crippen LogP contribution in [0, 0.1) is 0 Å². The van der Waals surface area contributed by atoms with Gasteiger partial charge in [-0.05, 0) is 59.1 Å². The largest absolute Gasteiger partial charge is 0.308 e. The monoisotopic (exact) mass is 338 g/mol. The van der Waals surface area contributed by atoms with Crippen molar-refractivity contribution in [2.75, 3.05) is 0 Å². The maximum atomic E-state index is 5.98. The van der Waals surface area contributed by atoms with Crippen LogP contribution < -0.4 is 5.32 Å². The Morgan fingerprint density at radius 2 is 2.05 bits per heavy atom. The fourth-order valence-corrected chi connectivity index (χ4v) is 2.51. The van der Waals surface area contributed by atoms with Gasteiger partial charge in [0.1, 0.15) is 4.60 Å². The summed E-state index contributed by atoms with van der Waals surface area (Å²) in [5.41, 5.74) is 2.28. The molecule has 0 fully saturated rings. The second kappa shape index (κ2) is 7.04. The van der Waals surface area contributed by atoms with E-state index in [1.807, 2.05) is 36.4 Å². The molecule has 0 bridgehead atoms. The quantitative estimate of drug-likeness (QED) is 0.825. The molecule has 2 rings (SSSR count). The Kier molecular flexibility index (Phi) is 5.37. The molecule has 0 radical (unpaired) electrons. The van der Waals surface area contributed by atoms with Crippen molar-refractivity contribution in [2.24, 2.45) is 0 Å². The third kappa shape index (κ3) is 4.94. The van der Waals surface area contributed by atoms with Gasteiger partial charge in [-0.25, -0.2) is 4.98 Å². The van der Waals surface area contributed by atoms with Crippen LogP contribution in [0.3, 0.4) is 0 Å². The average Bonchev–Trinajstić information content (AvgIpc) is 2.36. The highest BCUT2D eigenvalue weighted by Gasteiger charge is 2.04. The van der Waals surface area contributed by atoms with Crippen molar-refractivity contribution < 1.29 is 0 Å². The Bertz CT molecular complexity index is 545. The number of hydrogen-bond donors (Lipinski definition) is 1. The van der Waals surface area contributed by atoms with Gasteiger partial charge in [0.15, 0.2) is 0 Å². The Hall–Kier alpha value is -0.900. The Labute approximate surface area is 127 Å². The van der Waals surface area contributed by atoms with E-state index in [1.165, 1.54) is 5.56 Å². The molecule has 2 aromatic rings. The summed E-state index contributed by atoms with van der Waals surface area (Å²) in [7, 11) is 0. The molecular weight excluding hydrogens is 324 g/mol. The van der Waals surface area contributed by atoms with Crippen LogP contribution in [0.15, 0.2) is 47.1 Å². The molecular formula is C15H16BrClN2. The number of hydrogen-bond acceptors (Lipinski definition) is 2. The normalized spacial score (nSPS) is 12.4. The number of nitrogens with one attached hydrogen (secondary N) is 1. The predicted molar refractivity (Wildman–Crippen MR) is 83.4 cm³/mol. The summed E-state index contributed by atoms with van der Waals surface area (Å²) in [6.07, 6.45) is 0.953. The molecule has 1 unspecified atom stereocenters. The molecule has 1 heterocycles. The van der Waals surface area contributed by atoms with Crippen molar-refractivity contribution in [1.29, 1.82) is 0 Å². The van der Waals surface area contributed by atoms with Crippen LogP contribution in [0.25, 0.3) is 0 Å². The molecule has 19 heavy (non-hydrogen) atoms. The molecule has 4 heteroatoms. The summed E-state index contributed by atoms with van der Waals surface area (Å²) in [5.74, 6) is 0. The van der Waals surface area contributed by atoms with E-state index in [0.717, 1.165) is 28.3 Å². The maximum Gasteiger partial charge on any atom is 0.106 e. The summed E-state index contributed by atoms with van der Waals surface area (Å²) in [4.78, 5) is 4.40. The van der Waals surface area contributed by atoms with Crippen LogP contribution in [0.4, 0.5) is 0 Å². The van der Waals surface area contributed by atoms with Gasteiger partial charge in [0.25, 0.3) is 0 Å². The van der Waals surface area contributed by atoms with Gasteiger partial charge < -0.3 is 5.32 Å². The van der Waals surface area contributed by atoms with Gasteiger partial charge in [-0.1, -0.05) is 29.8 Å². The van der Waals surface area contributed by atoms with Crippen LogP contribution in [0.1, 0.15) is 18.2 Å². The Balaban J connectivity index is 1.86. The number of pyridine rings is 1. The number of rotatable bonds is 5. The molecule has 0 saturated heterocycles. The number of aromatic nitrogens is 1. The highest BCUT2D eigenvalue weighted by Crippen LogP contribution is 2.12. The van der Waals surface area contributed by atoms with E-state index in [4.69, 9.17) is 11.6 Å². The fraction of sp³-hybridized carbons (Fsp3) is 0.267. The van der Waals surface area contributed by atoms with E-state index >= 15 is 0 Å². The van der Waals surface area contributed by atoms with Crippen molar-refractivity contribution in [3.05, 3.63) is 63.3 Å². The topological polar surface area (TPSA) is 24.9 Å². The summed E-state index contributed by atoms with van der Waals surface area (Å²) >= 11 is 9.36. The van der Waals surface area contributed by atoms with Crippen molar-refractivity contribution in [3.63, 3.8) is 0 Å².